The fourth-order valence-corrected chi connectivity index (χ4v) is 12.7. The summed E-state index contributed by atoms with van der Waals surface area (Å²) in [4.78, 5) is 2.53. The van der Waals surface area contributed by atoms with Gasteiger partial charge >= 0.3 is 0 Å². The van der Waals surface area contributed by atoms with E-state index in [4.69, 9.17) is 0 Å². The highest BCUT2D eigenvalue weighted by Crippen LogP contribution is 2.60. The van der Waals surface area contributed by atoms with Crippen molar-refractivity contribution >= 4 is 48.6 Å². The molecule has 2 heteroatoms. The molecule has 10 aromatic carbocycles. The maximum absolute atomic E-state index is 2.53. The monoisotopic (exact) mass is 845 g/mol. The second-order valence-electron chi connectivity index (χ2n) is 17.7. The Kier molecular flexibility index (Phi) is 8.50. The van der Waals surface area contributed by atoms with Crippen molar-refractivity contribution < 1.29 is 0 Å². The summed E-state index contributed by atoms with van der Waals surface area (Å²) in [5.41, 5.74) is 19.1. The third-order valence-electron chi connectivity index (χ3n) is 14.4. The molecule has 1 nitrogen and oxygen atoms in total. The molecule has 0 spiro atoms. The third kappa shape index (κ3) is 5.51. The number of fused-ring (bicyclic) bond motifs is 9. The van der Waals surface area contributed by atoms with Gasteiger partial charge in [-0.25, -0.2) is 0 Å². The van der Waals surface area contributed by atoms with Gasteiger partial charge < -0.3 is 4.90 Å². The molecule has 0 radical (unpaired) electrons. The van der Waals surface area contributed by atoms with Gasteiger partial charge in [-0.3, -0.25) is 0 Å². The minimum Gasteiger partial charge on any atom is -0.310 e. The number of benzene rings is 10. The molecule has 0 bridgehead atoms. The Labute approximate surface area is 384 Å². The molecule has 2 aliphatic carbocycles. The average Bonchev–Trinajstić information content (AvgIpc) is 3.99. The van der Waals surface area contributed by atoms with E-state index in [0.717, 1.165) is 17.1 Å². The molecule has 1 aromatic heterocycles. The first-order valence-electron chi connectivity index (χ1n) is 22.6. The Morgan fingerprint density at radius 1 is 0.354 bits per heavy atom. The van der Waals surface area contributed by atoms with Gasteiger partial charge in [0.15, 0.2) is 0 Å². The van der Waals surface area contributed by atoms with Crippen LogP contribution >= 0.6 is 11.3 Å². The van der Waals surface area contributed by atoms with Crippen molar-refractivity contribution in [2.45, 2.75) is 17.8 Å². The van der Waals surface area contributed by atoms with Crippen LogP contribution in [0.15, 0.2) is 243 Å². The van der Waals surface area contributed by atoms with Crippen LogP contribution < -0.4 is 4.90 Å². The first-order valence-corrected chi connectivity index (χ1v) is 23.4. The van der Waals surface area contributed by atoms with E-state index in [1.807, 2.05) is 11.3 Å². The summed E-state index contributed by atoms with van der Waals surface area (Å²) in [5.74, 6) is 0. The van der Waals surface area contributed by atoms with E-state index in [0.29, 0.717) is 0 Å². The van der Waals surface area contributed by atoms with E-state index in [9.17, 15) is 0 Å². The second kappa shape index (κ2) is 14.6. The van der Waals surface area contributed by atoms with E-state index in [2.05, 4.69) is 254 Å². The maximum atomic E-state index is 2.53. The topological polar surface area (TPSA) is 3.24 Å². The van der Waals surface area contributed by atoms with Crippen LogP contribution in [0.25, 0.3) is 53.6 Å². The molecule has 2 aliphatic rings. The average molecular weight is 846 g/mol. The Bertz CT molecular complexity index is 3580. The maximum Gasteiger partial charge on any atom is 0.0714 e. The molecule has 0 N–H and O–H groups in total. The van der Waals surface area contributed by atoms with Crippen molar-refractivity contribution in [3.8, 4) is 33.4 Å². The van der Waals surface area contributed by atoms with Crippen LogP contribution in [0.3, 0.4) is 0 Å². The molecule has 65 heavy (non-hydrogen) atoms. The predicted octanol–water partition coefficient (Wildman–Crippen LogP) is 16.9. The molecule has 0 saturated heterocycles. The van der Waals surface area contributed by atoms with Gasteiger partial charge in [0.05, 0.1) is 11.1 Å². The van der Waals surface area contributed by atoms with Crippen LogP contribution in [-0.2, 0) is 10.8 Å². The van der Waals surface area contributed by atoms with Crippen LogP contribution in [0.4, 0.5) is 17.1 Å². The smallest absolute Gasteiger partial charge is 0.0714 e. The van der Waals surface area contributed by atoms with E-state index in [1.54, 1.807) is 0 Å². The van der Waals surface area contributed by atoms with Crippen LogP contribution in [-0.4, -0.2) is 0 Å². The highest BCUT2D eigenvalue weighted by molar-refractivity contribution is 7.25. The molecule has 1 unspecified atom stereocenters. The lowest BCUT2D eigenvalue weighted by Crippen LogP contribution is -2.28. The van der Waals surface area contributed by atoms with Gasteiger partial charge in [-0.2, -0.15) is 0 Å². The standard InChI is InChI=1S/C63H43NS/c1-62(44-20-5-2-6-21-44)54-30-14-11-27-49(54)53-41-48(36-38-55(53)62)64(47-26-17-19-42(39-47)43-35-37-51-50-28-13-16-34-59(50)65-60(51)40-43)58-33-18-32-57-61(58)52-29-12-15-31-56(52)63(57,45-22-7-3-8-23-45)46-24-9-4-10-25-46/h2-41H,1H3. The number of nitrogens with zero attached hydrogens (tertiary/aromatic N) is 1. The number of thiophene rings is 1. The van der Waals surface area contributed by atoms with Crippen molar-refractivity contribution in [3.63, 3.8) is 0 Å². The molecule has 0 aliphatic heterocycles. The summed E-state index contributed by atoms with van der Waals surface area (Å²) >= 11 is 1.87. The zero-order valence-electron chi connectivity index (χ0n) is 35.9. The number of hydrogen-bond donors (Lipinski definition) is 0. The van der Waals surface area contributed by atoms with Crippen molar-refractivity contribution in [2.75, 3.05) is 4.90 Å². The van der Waals surface area contributed by atoms with Crippen LogP contribution in [0, 0.1) is 0 Å². The highest BCUT2D eigenvalue weighted by Gasteiger charge is 2.47. The highest BCUT2D eigenvalue weighted by atomic mass is 32.1. The molecule has 0 amide bonds. The molecule has 1 atom stereocenters. The van der Waals surface area contributed by atoms with Crippen LogP contribution in [0.2, 0.25) is 0 Å². The molecule has 1 heterocycles. The Balaban J connectivity index is 1.07. The molecule has 13 rings (SSSR count). The molecular weight excluding hydrogens is 803 g/mol. The lowest BCUT2D eigenvalue weighted by atomic mass is 9.68. The lowest BCUT2D eigenvalue weighted by Gasteiger charge is -2.34. The van der Waals surface area contributed by atoms with E-state index in [-0.39, 0.29) is 5.41 Å². The third-order valence-corrected chi connectivity index (χ3v) is 15.6. The van der Waals surface area contributed by atoms with Crippen molar-refractivity contribution in [2.24, 2.45) is 0 Å². The van der Waals surface area contributed by atoms with E-state index in [1.165, 1.54) is 92.5 Å². The van der Waals surface area contributed by atoms with Crippen molar-refractivity contribution in [1.82, 2.24) is 0 Å². The van der Waals surface area contributed by atoms with Crippen molar-refractivity contribution in [1.29, 1.82) is 0 Å². The first kappa shape index (κ1) is 37.7. The van der Waals surface area contributed by atoms with Gasteiger partial charge in [0, 0.05) is 42.5 Å². The fraction of sp³-hybridized carbons (Fsp3) is 0.0476. The number of hydrogen-bond acceptors (Lipinski definition) is 2. The molecular formula is C63H43NS. The largest absolute Gasteiger partial charge is 0.310 e. The number of anilines is 3. The number of rotatable bonds is 7. The van der Waals surface area contributed by atoms with Crippen molar-refractivity contribution in [3.05, 3.63) is 282 Å². The van der Waals surface area contributed by atoms with Gasteiger partial charge in [0.2, 0.25) is 0 Å². The molecule has 306 valence electrons. The Morgan fingerprint density at radius 3 is 1.69 bits per heavy atom. The van der Waals surface area contributed by atoms with Gasteiger partial charge in [-0.15, -0.1) is 11.3 Å². The normalized spacial score (nSPS) is 15.3. The van der Waals surface area contributed by atoms with Crippen LogP contribution in [0.1, 0.15) is 45.9 Å². The lowest BCUT2D eigenvalue weighted by molar-refractivity contribution is 0.714. The molecule has 0 fully saturated rings. The Morgan fingerprint density at radius 2 is 0.923 bits per heavy atom. The predicted molar refractivity (Wildman–Crippen MR) is 274 cm³/mol. The van der Waals surface area contributed by atoms with E-state index < -0.39 is 5.41 Å². The van der Waals surface area contributed by atoms with Gasteiger partial charge in [-0.1, -0.05) is 200 Å². The zero-order chi connectivity index (χ0) is 43.1. The van der Waals surface area contributed by atoms with Gasteiger partial charge in [0.25, 0.3) is 0 Å². The summed E-state index contributed by atoms with van der Waals surface area (Å²) < 4.78 is 2.63. The summed E-state index contributed by atoms with van der Waals surface area (Å²) in [6, 6.07) is 90.5. The summed E-state index contributed by atoms with van der Waals surface area (Å²) in [5, 5.41) is 2.63. The minimum absolute atomic E-state index is 0.292. The summed E-state index contributed by atoms with van der Waals surface area (Å²) in [7, 11) is 0. The van der Waals surface area contributed by atoms with Crippen LogP contribution in [0.5, 0.6) is 0 Å². The SMILES string of the molecule is CC1(c2ccccc2)c2ccccc2-c2cc(N(c3cccc(-c4ccc5c(c4)sc4ccccc45)c3)c3cccc4c3-c3ccccc3C4(c3ccccc3)c3ccccc3)ccc21. The summed E-state index contributed by atoms with van der Waals surface area (Å²) in [6.07, 6.45) is 0. The van der Waals surface area contributed by atoms with Gasteiger partial charge in [0.1, 0.15) is 0 Å². The second-order valence-corrected chi connectivity index (χ2v) is 18.8. The zero-order valence-corrected chi connectivity index (χ0v) is 36.8. The van der Waals surface area contributed by atoms with E-state index >= 15 is 0 Å². The molecule has 0 saturated carbocycles. The molecule has 11 aromatic rings. The quantitative estimate of drug-likeness (QED) is 0.154. The van der Waals surface area contributed by atoms with Gasteiger partial charge in [-0.05, 0) is 116 Å². The minimum atomic E-state index is -0.522. The Hall–Kier alpha value is -7.78. The first-order chi connectivity index (χ1) is 32.1. The summed E-state index contributed by atoms with van der Waals surface area (Å²) in [6.45, 7) is 2.40. The fourth-order valence-electron chi connectivity index (χ4n) is 11.5.